The second-order valence-electron chi connectivity index (χ2n) is 7.70. The van der Waals surface area contributed by atoms with E-state index in [1.165, 1.54) is 20.4 Å². The zero-order valence-electron chi connectivity index (χ0n) is 21.0. The van der Waals surface area contributed by atoms with Crippen molar-refractivity contribution in [3.8, 4) is 23.0 Å². The molecular weight excluding hydrogens is 542 g/mol. The molecule has 3 aromatic rings. The van der Waals surface area contributed by atoms with Crippen molar-refractivity contribution in [3.63, 3.8) is 0 Å². The molecule has 0 aliphatic carbocycles. The Labute approximate surface area is 223 Å². The maximum Gasteiger partial charge on any atom is 0.329 e. The van der Waals surface area contributed by atoms with Crippen LogP contribution in [0.15, 0.2) is 64.2 Å². The molecule has 0 heterocycles. The van der Waals surface area contributed by atoms with Crippen LogP contribution in [-0.4, -0.2) is 38.9 Å². The Hall–Kier alpha value is -4.05. The van der Waals surface area contributed by atoms with Crippen molar-refractivity contribution in [2.75, 3.05) is 26.1 Å². The van der Waals surface area contributed by atoms with Gasteiger partial charge in [0.05, 0.1) is 37.2 Å². The zero-order valence-corrected chi connectivity index (χ0v) is 22.5. The Balaban J connectivity index is 1.67. The van der Waals surface area contributed by atoms with E-state index in [9.17, 15) is 9.59 Å². The maximum atomic E-state index is 12.3. The number of aryl methyl sites for hydroxylation is 1. The fourth-order valence-corrected chi connectivity index (χ4v) is 3.87. The maximum absolute atomic E-state index is 12.3. The van der Waals surface area contributed by atoms with Crippen molar-refractivity contribution in [2.45, 2.75) is 20.5 Å². The highest BCUT2D eigenvalue weighted by atomic mass is 79.9. The first-order valence-electron chi connectivity index (χ1n) is 11.4. The molecule has 3 aromatic carbocycles. The molecule has 0 saturated heterocycles. The van der Waals surface area contributed by atoms with Gasteiger partial charge in [-0.15, -0.1) is 0 Å². The topological polar surface area (TPSA) is 107 Å². The van der Waals surface area contributed by atoms with Gasteiger partial charge in [0, 0.05) is 6.07 Å². The number of benzene rings is 3. The van der Waals surface area contributed by atoms with Gasteiger partial charge in [0.2, 0.25) is 0 Å². The monoisotopic (exact) mass is 569 g/mol. The number of anilines is 1. The number of methoxy groups -OCH3 is 2. The van der Waals surface area contributed by atoms with Crippen molar-refractivity contribution in [2.24, 2.45) is 5.10 Å². The summed E-state index contributed by atoms with van der Waals surface area (Å²) in [5.41, 5.74) is 5.32. The quantitative estimate of drug-likeness (QED) is 0.205. The minimum absolute atomic E-state index is 0.289. The molecule has 0 fully saturated rings. The van der Waals surface area contributed by atoms with Crippen molar-refractivity contribution in [1.82, 2.24) is 5.43 Å². The highest BCUT2D eigenvalue weighted by Gasteiger charge is 2.17. The van der Waals surface area contributed by atoms with E-state index in [1.807, 2.05) is 38.1 Å². The second-order valence-corrected chi connectivity index (χ2v) is 8.55. The summed E-state index contributed by atoms with van der Waals surface area (Å²) in [4.78, 5) is 24.6. The third-order valence-electron chi connectivity index (χ3n) is 5.21. The Bertz CT molecular complexity index is 1300. The SMILES string of the molecule is CCOc1cc(/C=N/NC(=O)C(=O)Nc2cc(OC)ccc2OC)cc(Br)c1OCc1ccccc1C. The summed E-state index contributed by atoms with van der Waals surface area (Å²) in [6.45, 7) is 4.70. The number of nitrogens with one attached hydrogen (secondary N) is 2. The Kier molecular flexibility index (Phi) is 9.91. The van der Waals surface area contributed by atoms with Crippen LogP contribution in [0.4, 0.5) is 5.69 Å². The third-order valence-corrected chi connectivity index (χ3v) is 5.79. The smallest absolute Gasteiger partial charge is 0.329 e. The highest BCUT2D eigenvalue weighted by molar-refractivity contribution is 9.10. The molecule has 0 atom stereocenters. The van der Waals surface area contributed by atoms with Crippen LogP contribution in [0.3, 0.4) is 0 Å². The van der Waals surface area contributed by atoms with Gasteiger partial charge in [0.1, 0.15) is 18.1 Å². The first-order valence-corrected chi connectivity index (χ1v) is 12.2. The molecule has 0 aromatic heterocycles. The Morgan fingerprint density at radius 1 is 0.973 bits per heavy atom. The summed E-state index contributed by atoms with van der Waals surface area (Å²) in [6.07, 6.45) is 1.40. The zero-order chi connectivity index (χ0) is 26.8. The summed E-state index contributed by atoms with van der Waals surface area (Å²) < 4.78 is 22.8. The molecular formula is C27H28BrN3O6. The molecule has 0 radical (unpaired) electrons. The van der Waals surface area contributed by atoms with Crippen LogP contribution < -0.4 is 29.7 Å². The molecule has 0 aliphatic rings. The van der Waals surface area contributed by atoms with Crippen LogP contribution in [0.1, 0.15) is 23.6 Å². The predicted molar refractivity (Wildman–Crippen MR) is 145 cm³/mol. The van der Waals surface area contributed by atoms with Gasteiger partial charge in [-0.1, -0.05) is 24.3 Å². The summed E-state index contributed by atoms with van der Waals surface area (Å²) in [5.74, 6) is 0.0716. The summed E-state index contributed by atoms with van der Waals surface area (Å²) >= 11 is 3.53. The number of rotatable bonds is 10. The minimum Gasteiger partial charge on any atom is -0.497 e. The lowest BCUT2D eigenvalue weighted by Crippen LogP contribution is -2.32. The number of ether oxygens (including phenoxy) is 4. The van der Waals surface area contributed by atoms with Gasteiger partial charge in [-0.05, 0) is 70.7 Å². The van der Waals surface area contributed by atoms with Gasteiger partial charge in [-0.25, -0.2) is 5.43 Å². The highest BCUT2D eigenvalue weighted by Crippen LogP contribution is 2.37. The van der Waals surface area contributed by atoms with Gasteiger partial charge in [-0.3, -0.25) is 9.59 Å². The lowest BCUT2D eigenvalue weighted by Gasteiger charge is -2.15. The van der Waals surface area contributed by atoms with Gasteiger partial charge >= 0.3 is 11.8 Å². The molecule has 0 unspecified atom stereocenters. The fourth-order valence-electron chi connectivity index (χ4n) is 3.29. The Morgan fingerprint density at radius 2 is 1.76 bits per heavy atom. The van der Waals surface area contributed by atoms with Crippen molar-refractivity contribution in [1.29, 1.82) is 0 Å². The largest absolute Gasteiger partial charge is 0.497 e. The first-order chi connectivity index (χ1) is 17.9. The van der Waals surface area contributed by atoms with Crippen molar-refractivity contribution >= 4 is 39.6 Å². The molecule has 0 spiro atoms. The summed E-state index contributed by atoms with van der Waals surface area (Å²) in [6, 6.07) is 16.3. The van der Waals surface area contributed by atoms with Crippen molar-refractivity contribution in [3.05, 3.63) is 75.8 Å². The van der Waals surface area contributed by atoms with Crippen LogP contribution in [0.2, 0.25) is 0 Å². The van der Waals surface area contributed by atoms with E-state index in [0.29, 0.717) is 46.2 Å². The molecule has 2 amide bonds. The number of carbonyl (C=O) groups is 2. The third kappa shape index (κ3) is 7.47. The van der Waals surface area contributed by atoms with E-state index in [1.54, 1.807) is 30.3 Å². The van der Waals surface area contributed by atoms with Crippen LogP contribution in [0, 0.1) is 6.92 Å². The Morgan fingerprint density at radius 3 is 2.46 bits per heavy atom. The molecule has 2 N–H and O–H groups in total. The number of nitrogens with zero attached hydrogens (tertiary/aromatic N) is 1. The summed E-state index contributed by atoms with van der Waals surface area (Å²) in [5, 5.41) is 6.38. The molecule has 194 valence electrons. The lowest BCUT2D eigenvalue weighted by atomic mass is 10.1. The molecule has 37 heavy (non-hydrogen) atoms. The normalized spacial score (nSPS) is 10.6. The molecule has 3 rings (SSSR count). The van der Waals surface area contributed by atoms with Crippen LogP contribution in [0.5, 0.6) is 23.0 Å². The average Bonchev–Trinajstić information content (AvgIpc) is 2.89. The van der Waals surface area contributed by atoms with E-state index < -0.39 is 11.8 Å². The number of halogens is 1. The van der Waals surface area contributed by atoms with E-state index >= 15 is 0 Å². The molecule has 10 heteroatoms. The second kappa shape index (κ2) is 13.3. The number of amides is 2. The standard InChI is InChI=1S/C27H28BrN3O6/c1-5-36-24-13-18(12-21(28)25(24)37-16-19-9-7-6-8-17(19)2)15-29-31-27(33)26(32)30-22-14-20(34-3)10-11-23(22)35-4/h6-15H,5,16H2,1-4H3,(H,30,32)(H,31,33)/b29-15+. The number of hydrogen-bond acceptors (Lipinski definition) is 7. The van der Waals surface area contributed by atoms with E-state index in [-0.39, 0.29) is 5.69 Å². The van der Waals surface area contributed by atoms with E-state index in [2.05, 4.69) is 31.8 Å². The van der Waals surface area contributed by atoms with E-state index in [4.69, 9.17) is 18.9 Å². The van der Waals surface area contributed by atoms with Gasteiger partial charge < -0.3 is 24.3 Å². The number of hydrogen-bond donors (Lipinski definition) is 2. The first kappa shape index (κ1) is 27.5. The number of carbonyl (C=O) groups excluding carboxylic acids is 2. The van der Waals surface area contributed by atoms with Crippen LogP contribution in [0.25, 0.3) is 0 Å². The molecule has 0 aliphatic heterocycles. The van der Waals surface area contributed by atoms with Gasteiger partial charge in [0.25, 0.3) is 0 Å². The number of hydrazone groups is 1. The van der Waals surface area contributed by atoms with Crippen LogP contribution >= 0.6 is 15.9 Å². The van der Waals surface area contributed by atoms with Gasteiger partial charge in [-0.2, -0.15) is 5.10 Å². The molecule has 0 bridgehead atoms. The molecule has 0 saturated carbocycles. The summed E-state index contributed by atoms with van der Waals surface area (Å²) in [7, 11) is 2.95. The molecule has 9 nitrogen and oxygen atoms in total. The van der Waals surface area contributed by atoms with E-state index in [0.717, 1.165) is 11.1 Å². The van der Waals surface area contributed by atoms with Crippen molar-refractivity contribution < 1.29 is 28.5 Å². The fraction of sp³-hybridized carbons (Fsp3) is 0.222. The average molecular weight is 570 g/mol. The predicted octanol–water partition coefficient (Wildman–Crippen LogP) is 4.84. The lowest BCUT2D eigenvalue weighted by molar-refractivity contribution is -0.136. The minimum atomic E-state index is -0.955. The van der Waals surface area contributed by atoms with Crippen LogP contribution in [-0.2, 0) is 16.2 Å². The van der Waals surface area contributed by atoms with Gasteiger partial charge in [0.15, 0.2) is 11.5 Å².